The van der Waals surface area contributed by atoms with Crippen LogP contribution >= 0.6 is 9.90 Å². The predicted octanol–water partition coefficient (Wildman–Crippen LogP) is 3.63. The van der Waals surface area contributed by atoms with Crippen molar-refractivity contribution in [1.29, 1.82) is 0 Å². The molecule has 0 aromatic carbocycles. The Morgan fingerprint density at radius 1 is 0.458 bits per heavy atom. The van der Waals surface area contributed by atoms with Crippen LogP contribution in [0.15, 0.2) is 0 Å². The highest BCUT2D eigenvalue weighted by Crippen LogP contribution is 2.16. The third-order valence-corrected chi connectivity index (χ3v) is 3.94. The first kappa shape index (κ1) is 49.6. The fraction of sp³-hybridized carbons (Fsp3) is 1.00. The van der Waals surface area contributed by atoms with Crippen LogP contribution in [0.3, 0.4) is 0 Å². The SMILES string of the molecule is CCCC[N+](CCCC)(CCCC)CCCC.F.F.F.F.F.[F-].[P]. The van der Waals surface area contributed by atoms with Crippen molar-refractivity contribution in [2.24, 2.45) is 0 Å². The maximum atomic E-state index is 2.33. The van der Waals surface area contributed by atoms with E-state index in [0.717, 1.165) is 0 Å². The number of unbranched alkanes of at least 4 members (excludes halogenated alkanes) is 4. The second-order valence-corrected chi connectivity index (χ2v) is 5.65. The van der Waals surface area contributed by atoms with E-state index in [1.807, 2.05) is 0 Å². The van der Waals surface area contributed by atoms with Gasteiger partial charge in [0, 0.05) is 9.90 Å². The predicted molar refractivity (Wildman–Crippen MR) is 98.8 cm³/mol. The van der Waals surface area contributed by atoms with Crippen LogP contribution in [-0.4, -0.2) is 30.7 Å². The largest absolute Gasteiger partial charge is 1.00 e. The van der Waals surface area contributed by atoms with Gasteiger partial charge in [0.15, 0.2) is 0 Å². The summed E-state index contributed by atoms with van der Waals surface area (Å²) in [6, 6.07) is 0. The summed E-state index contributed by atoms with van der Waals surface area (Å²) in [5, 5.41) is 0. The first-order valence-electron chi connectivity index (χ1n) is 8.09. The van der Waals surface area contributed by atoms with Gasteiger partial charge in [-0.25, -0.2) is 0 Å². The molecular formula is C16H41F6NP. The van der Waals surface area contributed by atoms with Gasteiger partial charge in [-0.2, -0.15) is 0 Å². The molecule has 0 heterocycles. The van der Waals surface area contributed by atoms with Crippen molar-refractivity contribution in [3.63, 3.8) is 0 Å². The smallest absolute Gasteiger partial charge is 0.0786 e. The zero-order valence-corrected chi connectivity index (χ0v) is 16.7. The first-order chi connectivity index (χ1) is 8.24. The Morgan fingerprint density at radius 3 is 0.750 bits per heavy atom. The molecule has 0 aliphatic carbocycles. The molecule has 0 amide bonds. The van der Waals surface area contributed by atoms with Crippen LogP contribution in [0.5, 0.6) is 0 Å². The molecule has 157 valence electrons. The summed E-state index contributed by atoms with van der Waals surface area (Å²) in [4.78, 5) is 0. The molecule has 0 aliphatic rings. The Labute approximate surface area is 148 Å². The lowest BCUT2D eigenvalue weighted by molar-refractivity contribution is -0.929. The highest BCUT2D eigenvalue weighted by molar-refractivity contribution is 6.92. The first-order valence-corrected chi connectivity index (χ1v) is 8.09. The van der Waals surface area contributed by atoms with Crippen LogP contribution < -0.4 is 4.70 Å². The minimum absolute atomic E-state index is 0. The highest BCUT2D eigenvalue weighted by Gasteiger charge is 2.24. The molecule has 0 fully saturated rings. The Hall–Kier alpha value is -0.0300. The van der Waals surface area contributed by atoms with Gasteiger partial charge in [0.1, 0.15) is 0 Å². The summed E-state index contributed by atoms with van der Waals surface area (Å²) in [6.45, 7) is 15.0. The van der Waals surface area contributed by atoms with Crippen molar-refractivity contribution < 1.29 is 32.7 Å². The lowest BCUT2D eigenvalue weighted by atomic mass is 10.1. The van der Waals surface area contributed by atoms with Crippen molar-refractivity contribution in [3.8, 4) is 0 Å². The van der Waals surface area contributed by atoms with E-state index in [9.17, 15) is 0 Å². The monoisotopic (exact) mass is 392 g/mol. The van der Waals surface area contributed by atoms with Crippen molar-refractivity contribution in [2.75, 3.05) is 26.2 Å². The molecule has 8 heteroatoms. The summed E-state index contributed by atoms with van der Waals surface area (Å²) in [5.41, 5.74) is 0. The van der Waals surface area contributed by atoms with Crippen LogP contribution in [0.25, 0.3) is 0 Å². The average molecular weight is 392 g/mol. The standard InChI is InChI=1S/C16H36N.6FH.P/c1-5-9-13-17(14-10-6-2,15-11-7-3)16-12-8-4;;;;;;;/h5-16H2,1-4H3;6*1H;/q+1;;;;;;;/p-1. The molecule has 0 aliphatic heterocycles. The summed E-state index contributed by atoms with van der Waals surface area (Å²) in [6.07, 6.45) is 11.1. The molecule has 1 nitrogen and oxygen atoms in total. The van der Waals surface area contributed by atoms with Gasteiger partial charge in [0.05, 0.1) is 26.2 Å². The molecule has 0 rings (SSSR count). The molecule has 0 unspecified atom stereocenters. The minimum Gasteiger partial charge on any atom is -1.00 e. The van der Waals surface area contributed by atoms with E-state index in [2.05, 4.69) is 27.7 Å². The van der Waals surface area contributed by atoms with Gasteiger partial charge in [-0.15, -0.1) is 0 Å². The highest BCUT2D eigenvalue weighted by atomic mass is 31.0. The van der Waals surface area contributed by atoms with Crippen molar-refractivity contribution in [1.82, 2.24) is 0 Å². The van der Waals surface area contributed by atoms with Gasteiger partial charge >= 0.3 is 0 Å². The Balaban J connectivity index is -0.0000000610. The van der Waals surface area contributed by atoms with E-state index >= 15 is 0 Å². The molecule has 0 saturated carbocycles. The lowest BCUT2D eigenvalue weighted by Gasteiger charge is -2.39. The van der Waals surface area contributed by atoms with E-state index in [0.29, 0.717) is 0 Å². The second-order valence-electron chi connectivity index (χ2n) is 5.65. The Morgan fingerprint density at radius 2 is 0.625 bits per heavy atom. The summed E-state index contributed by atoms with van der Waals surface area (Å²) in [7, 11) is 0. The van der Waals surface area contributed by atoms with E-state index in [-0.39, 0.29) is 38.1 Å². The quantitative estimate of drug-likeness (QED) is 0.270. The van der Waals surface area contributed by atoms with Crippen molar-refractivity contribution >= 4 is 9.90 Å². The van der Waals surface area contributed by atoms with Gasteiger partial charge in [0.2, 0.25) is 0 Å². The maximum absolute atomic E-state index is 2.33. The van der Waals surface area contributed by atoms with E-state index in [1.54, 1.807) is 0 Å². The fourth-order valence-electron chi connectivity index (χ4n) is 2.64. The molecule has 24 heavy (non-hydrogen) atoms. The van der Waals surface area contributed by atoms with Gasteiger partial charge < -0.3 is 9.19 Å². The van der Waals surface area contributed by atoms with Crippen LogP contribution in [0.2, 0.25) is 0 Å². The Kier molecular flexibility index (Phi) is 70.9. The van der Waals surface area contributed by atoms with Crippen LogP contribution in [0.1, 0.15) is 79.1 Å². The van der Waals surface area contributed by atoms with Crippen LogP contribution in [-0.2, 0) is 0 Å². The van der Waals surface area contributed by atoms with Gasteiger partial charge in [-0.1, -0.05) is 53.4 Å². The topological polar surface area (TPSA) is 0 Å². The molecule has 0 spiro atoms. The summed E-state index contributed by atoms with van der Waals surface area (Å²) < 4.78 is 1.42. The number of quaternary nitrogens is 1. The van der Waals surface area contributed by atoms with E-state index in [4.69, 9.17) is 0 Å². The van der Waals surface area contributed by atoms with Crippen molar-refractivity contribution in [3.05, 3.63) is 0 Å². The van der Waals surface area contributed by atoms with Gasteiger partial charge in [0.25, 0.3) is 0 Å². The number of rotatable bonds is 12. The number of halogens is 6. The second kappa shape index (κ2) is 34.3. The average Bonchev–Trinajstić information content (AvgIpc) is 2.37. The number of hydrogen-bond donors (Lipinski definition) is 0. The van der Waals surface area contributed by atoms with E-state index < -0.39 is 0 Å². The maximum Gasteiger partial charge on any atom is 0.0786 e. The number of nitrogens with zero attached hydrogens (tertiary/aromatic N) is 1. The summed E-state index contributed by atoms with van der Waals surface area (Å²) in [5.74, 6) is 0. The molecule has 0 N–H and O–H groups in total. The summed E-state index contributed by atoms with van der Waals surface area (Å²) >= 11 is 0. The minimum atomic E-state index is 0. The third-order valence-electron chi connectivity index (χ3n) is 3.94. The van der Waals surface area contributed by atoms with Crippen LogP contribution in [0.4, 0.5) is 23.5 Å². The Bertz CT molecular complexity index is 141. The third kappa shape index (κ3) is 24.2. The fourth-order valence-corrected chi connectivity index (χ4v) is 2.64. The van der Waals surface area contributed by atoms with Gasteiger partial charge in [-0.3, -0.25) is 23.5 Å². The number of hydrogen-bond acceptors (Lipinski definition) is 0. The molecular weight excluding hydrogens is 351 g/mol. The molecule has 0 saturated heterocycles. The van der Waals surface area contributed by atoms with E-state index in [1.165, 1.54) is 82.0 Å². The molecule has 0 aromatic rings. The van der Waals surface area contributed by atoms with Crippen molar-refractivity contribution in [2.45, 2.75) is 79.1 Å². The zero-order valence-electron chi connectivity index (χ0n) is 15.8. The molecule has 0 atom stereocenters. The zero-order chi connectivity index (χ0) is 13.0. The van der Waals surface area contributed by atoms with Crippen LogP contribution in [0, 0.1) is 0 Å². The normalized spacial score (nSPS) is 8.50. The molecule has 0 bridgehead atoms. The van der Waals surface area contributed by atoms with Gasteiger partial charge in [-0.05, 0) is 25.7 Å². The lowest BCUT2D eigenvalue weighted by Crippen LogP contribution is -3.00. The molecule has 3 radical (unpaired) electrons. The molecule has 0 aromatic heterocycles.